The average molecular weight is 335 g/mol. The highest BCUT2D eigenvalue weighted by Crippen LogP contribution is 2.18. The van der Waals surface area contributed by atoms with E-state index in [1.807, 2.05) is 0 Å². The van der Waals surface area contributed by atoms with Crippen molar-refractivity contribution in [1.29, 1.82) is 0 Å². The number of esters is 1. The van der Waals surface area contributed by atoms with Gasteiger partial charge in [-0.2, -0.15) is 0 Å². The van der Waals surface area contributed by atoms with Gasteiger partial charge in [0, 0.05) is 18.0 Å². The number of hydrogen-bond donors (Lipinski definition) is 2. The molecule has 0 saturated heterocycles. The Morgan fingerprint density at radius 2 is 2.09 bits per heavy atom. The third kappa shape index (κ3) is 5.57. The topological polar surface area (TPSA) is 81.4 Å². The van der Waals surface area contributed by atoms with E-state index in [4.69, 9.17) is 17.3 Å². The van der Waals surface area contributed by atoms with Crippen molar-refractivity contribution in [2.75, 3.05) is 13.7 Å². The van der Waals surface area contributed by atoms with Crippen LogP contribution in [0.4, 0.5) is 8.78 Å². The van der Waals surface area contributed by atoms with Crippen LogP contribution in [-0.2, 0) is 16.0 Å². The normalized spacial score (nSPS) is 12.1. The minimum atomic E-state index is -2.62. The molecule has 1 aromatic rings. The Morgan fingerprint density at radius 3 is 2.64 bits per heavy atom. The Hall–Kier alpha value is -1.73. The summed E-state index contributed by atoms with van der Waals surface area (Å²) in [5, 5.41) is 2.82. The van der Waals surface area contributed by atoms with E-state index < -0.39 is 30.8 Å². The third-order valence-electron chi connectivity index (χ3n) is 2.94. The summed E-state index contributed by atoms with van der Waals surface area (Å²) < 4.78 is 28.8. The number of benzene rings is 1. The molecule has 8 heteroatoms. The molecule has 0 aliphatic rings. The van der Waals surface area contributed by atoms with Crippen LogP contribution in [0.1, 0.15) is 22.3 Å². The second-order valence-corrected chi connectivity index (χ2v) is 4.98. The average Bonchev–Trinajstić information content (AvgIpc) is 2.47. The standard InChI is InChI=1S/C14H17ClF2N2O3/c1-22-14(21)9-3-2-8(10(15)6-9)4-5-19-13(20)11(18)7-12(16)17/h2-3,6,11-12H,4-5,7,18H2,1H3,(H,19,20)/t11-/m0/s1. The van der Waals surface area contributed by atoms with Gasteiger partial charge in [-0.15, -0.1) is 0 Å². The minimum absolute atomic E-state index is 0.201. The quantitative estimate of drug-likeness (QED) is 0.745. The van der Waals surface area contributed by atoms with Crippen molar-refractivity contribution in [2.24, 2.45) is 5.73 Å². The molecule has 0 aliphatic heterocycles. The lowest BCUT2D eigenvalue weighted by Crippen LogP contribution is -2.42. The molecule has 1 aromatic carbocycles. The number of rotatable bonds is 7. The zero-order chi connectivity index (χ0) is 16.7. The molecule has 0 aliphatic carbocycles. The predicted octanol–water partition coefficient (Wildman–Crippen LogP) is 1.77. The summed E-state index contributed by atoms with van der Waals surface area (Å²) in [6, 6.07) is 3.42. The number of carbonyl (C=O) groups excluding carboxylic acids is 2. The summed E-state index contributed by atoms with van der Waals surface area (Å²) in [6.07, 6.45) is -2.92. The monoisotopic (exact) mass is 334 g/mol. The number of alkyl halides is 2. The van der Waals surface area contributed by atoms with Crippen LogP contribution in [0.2, 0.25) is 5.02 Å². The first-order chi connectivity index (χ1) is 10.3. The highest BCUT2D eigenvalue weighted by molar-refractivity contribution is 6.31. The third-order valence-corrected chi connectivity index (χ3v) is 3.29. The van der Waals surface area contributed by atoms with Gasteiger partial charge in [0.1, 0.15) is 0 Å². The second kappa shape index (κ2) is 8.65. The van der Waals surface area contributed by atoms with Gasteiger partial charge in [-0.1, -0.05) is 17.7 Å². The maximum absolute atomic E-state index is 12.1. The predicted molar refractivity (Wildman–Crippen MR) is 78.1 cm³/mol. The number of methoxy groups -OCH3 is 1. The van der Waals surface area contributed by atoms with Crippen LogP contribution in [0.25, 0.3) is 0 Å². The van der Waals surface area contributed by atoms with Crippen LogP contribution < -0.4 is 11.1 Å². The van der Waals surface area contributed by atoms with E-state index in [2.05, 4.69) is 10.1 Å². The number of hydrogen-bond acceptors (Lipinski definition) is 4. The minimum Gasteiger partial charge on any atom is -0.465 e. The maximum atomic E-state index is 12.1. The largest absolute Gasteiger partial charge is 0.465 e. The van der Waals surface area contributed by atoms with Gasteiger partial charge >= 0.3 is 5.97 Å². The molecule has 122 valence electrons. The Labute approximate surface area is 131 Å². The highest BCUT2D eigenvalue weighted by Gasteiger charge is 2.18. The van der Waals surface area contributed by atoms with Crippen molar-refractivity contribution in [2.45, 2.75) is 25.3 Å². The summed E-state index contributed by atoms with van der Waals surface area (Å²) >= 11 is 6.03. The van der Waals surface area contributed by atoms with Crippen LogP contribution in [0.3, 0.4) is 0 Å². The summed E-state index contributed by atoms with van der Waals surface area (Å²) in [5.74, 6) is -1.14. The molecule has 1 rings (SSSR count). The first-order valence-corrected chi connectivity index (χ1v) is 6.91. The number of amides is 1. The summed E-state index contributed by atoms with van der Waals surface area (Å²) in [6.45, 7) is 0.201. The van der Waals surface area contributed by atoms with Crippen molar-refractivity contribution >= 4 is 23.5 Å². The van der Waals surface area contributed by atoms with Crippen molar-refractivity contribution in [1.82, 2.24) is 5.32 Å². The number of halogens is 3. The fourth-order valence-electron chi connectivity index (χ4n) is 1.75. The van der Waals surface area contributed by atoms with Crippen molar-refractivity contribution in [3.05, 3.63) is 34.3 Å². The molecule has 0 radical (unpaired) electrons. The summed E-state index contributed by atoms with van der Waals surface area (Å²) in [5.41, 5.74) is 6.35. The van der Waals surface area contributed by atoms with Crippen molar-refractivity contribution in [3.8, 4) is 0 Å². The van der Waals surface area contributed by atoms with E-state index in [-0.39, 0.29) is 6.54 Å². The highest BCUT2D eigenvalue weighted by atomic mass is 35.5. The first kappa shape index (κ1) is 18.3. The Kier molecular flexibility index (Phi) is 7.20. The number of ether oxygens (including phenoxy) is 1. The van der Waals surface area contributed by atoms with Gasteiger partial charge in [0.15, 0.2) is 0 Å². The zero-order valence-electron chi connectivity index (χ0n) is 11.9. The fraction of sp³-hybridized carbons (Fsp3) is 0.429. The molecule has 0 fully saturated rings. The van der Waals surface area contributed by atoms with Gasteiger partial charge in [-0.25, -0.2) is 13.6 Å². The lowest BCUT2D eigenvalue weighted by molar-refractivity contribution is -0.123. The molecule has 0 unspecified atom stereocenters. The first-order valence-electron chi connectivity index (χ1n) is 6.53. The Bertz CT molecular complexity index is 541. The lowest BCUT2D eigenvalue weighted by atomic mass is 10.1. The molecule has 3 N–H and O–H groups in total. The summed E-state index contributed by atoms with van der Waals surface area (Å²) in [4.78, 5) is 22.8. The Balaban J connectivity index is 2.52. The van der Waals surface area contributed by atoms with Crippen molar-refractivity contribution in [3.63, 3.8) is 0 Å². The van der Waals surface area contributed by atoms with E-state index in [0.717, 1.165) is 0 Å². The van der Waals surface area contributed by atoms with Gasteiger partial charge < -0.3 is 15.8 Å². The molecule has 5 nitrogen and oxygen atoms in total. The van der Waals surface area contributed by atoms with E-state index in [1.54, 1.807) is 12.1 Å². The molecular formula is C14H17ClF2N2O3. The van der Waals surface area contributed by atoms with Gasteiger partial charge in [0.25, 0.3) is 0 Å². The van der Waals surface area contributed by atoms with Gasteiger partial charge in [-0.3, -0.25) is 4.79 Å². The molecule has 0 aromatic heterocycles. The van der Waals surface area contributed by atoms with Crippen LogP contribution in [0.5, 0.6) is 0 Å². The summed E-state index contributed by atoms with van der Waals surface area (Å²) in [7, 11) is 1.27. The van der Waals surface area contributed by atoms with E-state index >= 15 is 0 Å². The zero-order valence-corrected chi connectivity index (χ0v) is 12.7. The van der Waals surface area contributed by atoms with E-state index in [1.165, 1.54) is 13.2 Å². The molecule has 1 amide bonds. The number of nitrogens with two attached hydrogens (primary N) is 1. The van der Waals surface area contributed by atoms with Gasteiger partial charge in [-0.05, 0) is 24.1 Å². The van der Waals surface area contributed by atoms with E-state index in [0.29, 0.717) is 22.6 Å². The Morgan fingerprint density at radius 1 is 1.41 bits per heavy atom. The SMILES string of the molecule is COC(=O)c1ccc(CCNC(=O)[C@@H](N)CC(F)F)c(Cl)c1. The van der Waals surface area contributed by atoms with Crippen molar-refractivity contribution < 1.29 is 23.1 Å². The van der Waals surface area contributed by atoms with Gasteiger partial charge in [0.05, 0.1) is 18.7 Å². The number of nitrogens with one attached hydrogen (secondary N) is 1. The van der Waals surface area contributed by atoms with Crippen LogP contribution in [-0.4, -0.2) is 38.0 Å². The van der Waals surface area contributed by atoms with Gasteiger partial charge in [0.2, 0.25) is 12.3 Å². The molecule has 0 spiro atoms. The van der Waals surface area contributed by atoms with Crippen LogP contribution >= 0.6 is 11.6 Å². The molecule has 0 heterocycles. The molecule has 22 heavy (non-hydrogen) atoms. The molecule has 0 bridgehead atoms. The maximum Gasteiger partial charge on any atom is 0.337 e. The molecule has 1 atom stereocenters. The lowest BCUT2D eigenvalue weighted by Gasteiger charge is -2.12. The van der Waals surface area contributed by atoms with Crippen LogP contribution in [0.15, 0.2) is 18.2 Å². The smallest absolute Gasteiger partial charge is 0.337 e. The van der Waals surface area contributed by atoms with E-state index in [9.17, 15) is 18.4 Å². The number of carbonyl (C=O) groups is 2. The molecule has 0 saturated carbocycles. The van der Waals surface area contributed by atoms with Crippen LogP contribution in [0, 0.1) is 0 Å². The fourth-order valence-corrected chi connectivity index (χ4v) is 2.02. The molecular weight excluding hydrogens is 318 g/mol. The second-order valence-electron chi connectivity index (χ2n) is 4.57.